The van der Waals surface area contributed by atoms with E-state index >= 15 is 0 Å². The number of nitrogens with two attached hydrogens (primary N) is 1. The molecule has 1 aromatic rings. The second kappa shape index (κ2) is 4.67. The molecule has 2 heterocycles. The summed E-state index contributed by atoms with van der Waals surface area (Å²) in [4.78, 5) is 21.7. The molecule has 1 aliphatic rings. The first-order valence-electron chi connectivity index (χ1n) is 5.54. The normalized spacial score (nSPS) is 20.5. The van der Waals surface area contributed by atoms with Gasteiger partial charge >= 0.3 is 6.01 Å². The summed E-state index contributed by atoms with van der Waals surface area (Å²) in [6.07, 6.45) is 3.73. The van der Waals surface area contributed by atoms with Gasteiger partial charge in [-0.2, -0.15) is 4.98 Å². The van der Waals surface area contributed by atoms with Crippen LogP contribution in [0.2, 0.25) is 0 Å². The molecule has 6 nitrogen and oxygen atoms in total. The number of ether oxygens (including phenoxy) is 1. The average molecular weight is 236 g/mol. The minimum Gasteiger partial charge on any atom is -0.467 e. The minimum atomic E-state index is -0.541. The zero-order chi connectivity index (χ0) is 12.4. The monoisotopic (exact) mass is 236 g/mol. The zero-order valence-corrected chi connectivity index (χ0v) is 10.0. The highest BCUT2D eigenvalue weighted by Gasteiger charge is 2.27. The largest absolute Gasteiger partial charge is 0.467 e. The van der Waals surface area contributed by atoms with E-state index in [4.69, 9.17) is 10.5 Å². The van der Waals surface area contributed by atoms with Gasteiger partial charge in [0.2, 0.25) is 0 Å². The summed E-state index contributed by atoms with van der Waals surface area (Å²) in [7, 11) is 3.48. The van der Waals surface area contributed by atoms with Crippen LogP contribution < -0.4 is 10.5 Å². The number of carbonyl (C=O) groups excluding carboxylic acids is 1. The Morgan fingerprint density at radius 3 is 2.94 bits per heavy atom. The van der Waals surface area contributed by atoms with Crippen molar-refractivity contribution in [3.8, 4) is 6.01 Å². The Balaban J connectivity index is 2.42. The second-order valence-electron chi connectivity index (χ2n) is 4.16. The molecule has 6 heteroatoms. The van der Waals surface area contributed by atoms with E-state index in [2.05, 4.69) is 14.9 Å². The van der Waals surface area contributed by atoms with Crippen molar-refractivity contribution in [3.63, 3.8) is 0 Å². The maximum absolute atomic E-state index is 11.4. The minimum absolute atomic E-state index is 0.170. The molecule has 2 N–H and O–H groups in total. The average Bonchev–Trinajstić information content (AvgIpc) is 2.74. The summed E-state index contributed by atoms with van der Waals surface area (Å²) in [6.45, 7) is 1.01. The first-order chi connectivity index (χ1) is 8.13. The molecule has 0 bridgehead atoms. The van der Waals surface area contributed by atoms with Crippen LogP contribution in [0.5, 0.6) is 6.01 Å². The molecule has 0 spiro atoms. The maximum Gasteiger partial charge on any atom is 0.316 e. The van der Waals surface area contributed by atoms with Crippen LogP contribution in [0, 0.1) is 0 Å². The standard InChI is InChI=1S/C11H16N4O2/c1-15-5-3-4-8(15)7-6-13-11(17-2)14-9(7)10(12)16/h6,8H,3-5H2,1-2H3,(H2,12,16). The lowest BCUT2D eigenvalue weighted by Crippen LogP contribution is -2.24. The predicted molar refractivity (Wildman–Crippen MR) is 61.7 cm³/mol. The number of aromatic nitrogens is 2. The molecule has 1 fully saturated rings. The number of carbonyl (C=O) groups is 1. The molecule has 1 unspecified atom stereocenters. The Bertz CT molecular complexity index is 435. The van der Waals surface area contributed by atoms with Gasteiger partial charge < -0.3 is 10.5 Å². The Labute approximate surface area is 99.8 Å². The summed E-state index contributed by atoms with van der Waals surface area (Å²) in [5, 5.41) is 0. The molecule has 0 radical (unpaired) electrons. The van der Waals surface area contributed by atoms with Crippen molar-refractivity contribution < 1.29 is 9.53 Å². The van der Waals surface area contributed by atoms with Crippen molar-refractivity contribution >= 4 is 5.91 Å². The summed E-state index contributed by atoms with van der Waals surface area (Å²) in [6, 6.07) is 0.339. The third-order valence-electron chi connectivity index (χ3n) is 3.09. The SMILES string of the molecule is COc1ncc(C2CCCN2C)c(C(N)=O)n1. The highest BCUT2D eigenvalue weighted by Crippen LogP contribution is 2.31. The molecular formula is C11H16N4O2. The quantitative estimate of drug-likeness (QED) is 0.819. The molecule has 2 rings (SSSR count). The van der Waals surface area contributed by atoms with Gasteiger partial charge in [0.1, 0.15) is 5.69 Å². The summed E-state index contributed by atoms with van der Waals surface area (Å²) in [5.74, 6) is -0.541. The third kappa shape index (κ3) is 2.21. The van der Waals surface area contributed by atoms with E-state index in [9.17, 15) is 4.79 Å². The van der Waals surface area contributed by atoms with E-state index in [0.717, 1.165) is 24.9 Å². The smallest absolute Gasteiger partial charge is 0.316 e. The maximum atomic E-state index is 11.4. The number of hydrogen-bond donors (Lipinski definition) is 1. The molecule has 1 saturated heterocycles. The molecule has 92 valence electrons. The van der Waals surface area contributed by atoms with Gasteiger partial charge in [0.05, 0.1) is 7.11 Å². The zero-order valence-electron chi connectivity index (χ0n) is 10.0. The first kappa shape index (κ1) is 11.8. The predicted octanol–water partition coefficient (Wildman–Crippen LogP) is 0.351. The lowest BCUT2D eigenvalue weighted by atomic mass is 10.0. The number of rotatable bonds is 3. The number of likely N-dealkylation sites (tertiary alicyclic amines) is 1. The lowest BCUT2D eigenvalue weighted by Gasteiger charge is -2.20. The number of hydrogen-bond acceptors (Lipinski definition) is 5. The van der Waals surface area contributed by atoms with Crippen molar-refractivity contribution in [2.45, 2.75) is 18.9 Å². The number of methoxy groups -OCH3 is 1. The van der Waals surface area contributed by atoms with Crippen molar-refractivity contribution in [2.24, 2.45) is 5.73 Å². The van der Waals surface area contributed by atoms with Crippen molar-refractivity contribution in [1.29, 1.82) is 0 Å². The van der Waals surface area contributed by atoms with Crippen LogP contribution in [-0.4, -0.2) is 41.5 Å². The van der Waals surface area contributed by atoms with Crippen LogP contribution >= 0.6 is 0 Å². The van der Waals surface area contributed by atoms with Gasteiger partial charge in [-0.25, -0.2) is 4.98 Å². The number of nitrogens with zero attached hydrogens (tertiary/aromatic N) is 3. The fourth-order valence-corrected chi connectivity index (χ4v) is 2.22. The van der Waals surface area contributed by atoms with Crippen LogP contribution in [0.3, 0.4) is 0 Å². The summed E-state index contributed by atoms with van der Waals surface area (Å²) < 4.78 is 4.91. The topological polar surface area (TPSA) is 81.3 Å². The Hall–Kier alpha value is -1.69. The fraction of sp³-hybridized carbons (Fsp3) is 0.545. The number of primary amides is 1. The van der Waals surface area contributed by atoms with E-state index < -0.39 is 5.91 Å². The highest BCUT2D eigenvalue weighted by atomic mass is 16.5. The molecular weight excluding hydrogens is 220 g/mol. The second-order valence-corrected chi connectivity index (χ2v) is 4.16. The van der Waals surface area contributed by atoms with Crippen LogP contribution in [0.15, 0.2) is 6.20 Å². The van der Waals surface area contributed by atoms with E-state index in [1.807, 2.05) is 7.05 Å². The molecule has 1 atom stereocenters. The molecule has 1 aliphatic heterocycles. The molecule has 17 heavy (non-hydrogen) atoms. The van der Waals surface area contributed by atoms with Crippen molar-refractivity contribution in [2.75, 3.05) is 20.7 Å². The Morgan fingerprint density at radius 1 is 1.65 bits per heavy atom. The molecule has 0 saturated carbocycles. The van der Waals surface area contributed by atoms with Crippen molar-refractivity contribution in [1.82, 2.24) is 14.9 Å². The molecule has 0 aliphatic carbocycles. The Morgan fingerprint density at radius 2 is 2.41 bits per heavy atom. The summed E-state index contributed by atoms with van der Waals surface area (Å²) >= 11 is 0. The van der Waals surface area contributed by atoms with Gasteiger partial charge in [-0.3, -0.25) is 9.69 Å². The van der Waals surface area contributed by atoms with Crippen LogP contribution in [0.4, 0.5) is 0 Å². The van der Waals surface area contributed by atoms with Crippen LogP contribution in [0.25, 0.3) is 0 Å². The molecule has 0 aromatic carbocycles. The molecule has 1 amide bonds. The van der Waals surface area contributed by atoms with Gasteiger partial charge in [0.25, 0.3) is 5.91 Å². The third-order valence-corrected chi connectivity index (χ3v) is 3.09. The van der Waals surface area contributed by atoms with E-state index in [-0.39, 0.29) is 17.7 Å². The van der Waals surface area contributed by atoms with Crippen LogP contribution in [-0.2, 0) is 0 Å². The van der Waals surface area contributed by atoms with Gasteiger partial charge in [0.15, 0.2) is 0 Å². The highest BCUT2D eigenvalue weighted by molar-refractivity contribution is 5.92. The van der Waals surface area contributed by atoms with Gasteiger partial charge in [0, 0.05) is 17.8 Å². The first-order valence-corrected chi connectivity index (χ1v) is 5.54. The van der Waals surface area contributed by atoms with Crippen LogP contribution in [0.1, 0.15) is 34.9 Å². The van der Waals surface area contributed by atoms with E-state index in [1.54, 1.807) is 6.20 Å². The summed E-state index contributed by atoms with van der Waals surface area (Å²) in [5.41, 5.74) is 6.40. The molecule has 1 aromatic heterocycles. The van der Waals surface area contributed by atoms with Gasteiger partial charge in [-0.05, 0) is 26.4 Å². The fourth-order valence-electron chi connectivity index (χ4n) is 2.22. The lowest BCUT2D eigenvalue weighted by molar-refractivity contribution is 0.0991. The Kier molecular flexibility index (Phi) is 3.23. The van der Waals surface area contributed by atoms with Crippen molar-refractivity contribution in [3.05, 3.63) is 17.5 Å². The van der Waals surface area contributed by atoms with Gasteiger partial charge in [-0.15, -0.1) is 0 Å². The van der Waals surface area contributed by atoms with Gasteiger partial charge in [-0.1, -0.05) is 0 Å². The number of amides is 1. The van der Waals surface area contributed by atoms with E-state index in [0.29, 0.717) is 0 Å². The van der Waals surface area contributed by atoms with E-state index in [1.165, 1.54) is 7.11 Å².